The molecule has 0 aliphatic heterocycles. The molecule has 0 heterocycles. The lowest BCUT2D eigenvalue weighted by molar-refractivity contribution is 0.205. The molecule has 0 spiro atoms. The van der Waals surface area contributed by atoms with E-state index in [4.69, 9.17) is 10.8 Å². The van der Waals surface area contributed by atoms with Crippen LogP contribution in [0.2, 0.25) is 0 Å². The van der Waals surface area contributed by atoms with E-state index in [1.807, 2.05) is 13.8 Å². The molecular formula is C8H22N2O. The Balaban J connectivity index is 0. The van der Waals surface area contributed by atoms with E-state index in [0.717, 1.165) is 19.6 Å². The molecule has 0 saturated carbocycles. The van der Waals surface area contributed by atoms with E-state index in [2.05, 4.69) is 11.8 Å². The first-order chi connectivity index (χ1) is 5.35. The third-order valence-electron chi connectivity index (χ3n) is 1.31. The van der Waals surface area contributed by atoms with Gasteiger partial charge in [-0.1, -0.05) is 20.8 Å². The van der Waals surface area contributed by atoms with E-state index >= 15 is 0 Å². The molecule has 0 amide bonds. The summed E-state index contributed by atoms with van der Waals surface area (Å²) in [6.07, 6.45) is 0. The Kier molecular flexibility index (Phi) is 15.4. The van der Waals surface area contributed by atoms with Gasteiger partial charge in [-0.05, 0) is 6.54 Å². The number of nitrogens with two attached hydrogens (primary N) is 1. The van der Waals surface area contributed by atoms with E-state index in [0.29, 0.717) is 6.54 Å². The number of rotatable bonds is 5. The largest absolute Gasteiger partial charge is 0.395 e. The van der Waals surface area contributed by atoms with Gasteiger partial charge in [-0.15, -0.1) is 0 Å². The van der Waals surface area contributed by atoms with E-state index in [9.17, 15) is 0 Å². The van der Waals surface area contributed by atoms with Gasteiger partial charge in [-0.3, -0.25) is 0 Å². The predicted octanol–water partition coefficient (Wildman–Crippen LogP) is 0.286. The molecule has 0 bridgehead atoms. The highest BCUT2D eigenvalue weighted by Gasteiger charge is 1.96. The van der Waals surface area contributed by atoms with Gasteiger partial charge < -0.3 is 15.7 Å². The highest BCUT2D eigenvalue weighted by molar-refractivity contribution is 4.53. The number of hydrogen-bond donors (Lipinski definition) is 2. The summed E-state index contributed by atoms with van der Waals surface area (Å²) >= 11 is 0. The number of nitrogens with zero attached hydrogens (tertiary/aromatic N) is 1. The summed E-state index contributed by atoms with van der Waals surface area (Å²) in [7, 11) is 0. The molecule has 0 aromatic heterocycles. The standard InChI is InChI=1S/C6H16N2O.C2H6/c1-2-8(4-3-7)5-6-9;1-2/h9H,2-7H2,1H3;1-2H3. The Morgan fingerprint density at radius 2 is 1.82 bits per heavy atom. The Morgan fingerprint density at radius 1 is 1.27 bits per heavy atom. The van der Waals surface area contributed by atoms with Crippen molar-refractivity contribution in [3.05, 3.63) is 0 Å². The second-order valence-electron chi connectivity index (χ2n) is 1.95. The molecule has 0 unspecified atom stereocenters. The van der Waals surface area contributed by atoms with Crippen LogP contribution in [0.3, 0.4) is 0 Å². The summed E-state index contributed by atoms with van der Waals surface area (Å²) in [5.41, 5.74) is 5.31. The van der Waals surface area contributed by atoms with E-state index in [-0.39, 0.29) is 6.61 Å². The molecule has 0 aliphatic rings. The van der Waals surface area contributed by atoms with Gasteiger partial charge in [0.15, 0.2) is 0 Å². The molecule has 3 nitrogen and oxygen atoms in total. The topological polar surface area (TPSA) is 49.5 Å². The Morgan fingerprint density at radius 3 is 2.09 bits per heavy atom. The average Bonchev–Trinajstić information content (AvgIpc) is 2.08. The summed E-state index contributed by atoms with van der Waals surface area (Å²) in [4.78, 5) is 2.11. The molecule has 0 aromatic carbocycles. The third kappa shape index (κ3) is 9.88. The van der Waals surface area contributed by atoms with Gasteiger partial charge in [0.2, 0.25) is 0 Å². The zero-order valence-corrected chi connectivity index (χ0v) is 8.01. The first kappa shape index (κ1) is 13.5. The van der Waals surface area contributed by atoms with Crippen LogP contribution in [0.4, 0.5) is 0 Å². The van der Waals surface area contributed by atoms with Crippen molar-refractivity contribution in [3.63, 3.8) is 0 Å². The van der Waals surface area contributed by atoms with Crippen molar-refractivity contribution in [2.24, 2.45) is 5.73 Å². The third-order valence-corrected chi connectivity index (χ3v) is 1.31. The number of aliphatic hydroxyl groups is 1. The Bertz CT molecular complexity index is 54.1. The molecule has 0 atom stereocenters. The van der Waals surface area contributed by atoms with Gasteiger partial charge in [0.1, 0.15) is 0 Å². The first-order valence-electron chi connectivity index (χ1n) is 4.38. The van der Waals surface area contributed by atoms with Gasteiger partial charge in [0, 0.05) is 19.6 Å². The summed E-state index contributed by atoms with van der Waals surface area (Å²) in [5.74, 6) is 0. The minimum Gasteiger partial charge on any atom is -0.395 e. The van der Waals surface area contributed by atoms with Crippen LogP contribution in [0.5, 0.6) is 0 Å². The van der Waals surface area contributed by atoms with Crippen LogP contribution in [0.15, 0.2) is 0 Å². The fraction of sp³-hybridized carbons (Fsp3) is 1.00. The SMILES string of the molecule is CC.CCN(CCN)CCO. The van der Waals surface area contributed by atoms with Crippen LogP contribution in [-0.4, -0.2) is 42.8 Å². The highest BCUT2D eigenvalue weighted by Crippen LogP contribution is 1.82. The van der Waals surface area contributed by atoms with E-state index in [1.165, 1.54) is 0 Å². The maximum Gasteiger partial charge on any atom is 0.0558 e. The minimum atomic E-state index is 0.230. The Labute approximate surface area is 70.2 Å². The first-order valence-corrected chi connectivity index (χ1v) is 4.38. The van der Waals surface area contributed by atoms with Gasteiger partial charge >= 0.3 is 0 Å². The normalized spacial score (nSPS) is 9.27. The van der Waals surface area contributed by atoms with Crippen LogP contribution in [0.1, 0.15) is 20.8 Å². The minimum absolute atomic E-state index is 0.230. The van der Waals surface area contributed by atoms with Crippen molar-refractivity contribution in [1.82, 2.24) is 4.90 Å². The van der Waals surface area contributed by atoms with Crippen molar-refractivity contribution in [2.45, 2.75) is 20.8 Å². The van der Waals surface area contributed by atoms with Crippen molar-refractivity contribution >= 4 is 0 Å². The molecule has 0 rings (SSSR count). The van der Waals surface area contributed by atoms with Crippen molar-refractivity contribution < 1.29 is 5.11 Å². The lowest BCUT2D eigenvalue weighted by Gasteiger charge is -2.16. The quantitative estimate of drug-likeness (QED) is 0.610. The summed E-state index contributed by atoms with van der Waals surface area (Å²) in [6.45, 7) is 9.57. The van der Waals surface area contributed by atoms with Crippen molar-refractivity contribution in [2.75, 3.05) is 32.8 Å². The fourth-order valence-electron chi connectivity index (χ4n) is 0.752. The highest BCUT2D eigenvalue weighted by atomic mass is 16.3. The molecule has 3 heteroatoms. The van der Waals surface area contributed by atoms with Gasteiger partial charge in [-0.25, -0.2) is 0 Å². The lowest BCUT2D eigenvalue weighted by Crippen LogP contribution is -2.31. The molecule has 11 heavy (non-hydrogen) atoms. The zero-order chi connectivity index (χ0) is 9.11. The maximum absolute atomic E-state index is 8.51. The van der Waals surface area contributed by atoms with Crippen LogP contribution < -0.4 is 5.73 Å². The average molecular weight is 162 g/mol. The summed E-state index contributed by atoms with van der Waals surface area (Å²) in [5, 5.41) is 8.51. The van der Waals surface area contributed by atoms with Crippen LogP contribution in [-0.2, 0) is 0 Å². The van der Waals surface area contributed by atoms with Gasteiger partial charge in [0.25, 0.3) is 0 Å². The number of hydrogen-bond acceptors (Lipinski definition) is 3. The molecular weight excluding hydrogens is 140 g/mol. The van der Waals surface area contributed by atoms with Crippen molar-refractivity contribution in [1.29, 1.82) is 0 Å². The van der Waals surface area contributed by atoms with Crippen LogP contribution in [0.25, 0.3) is 0 Å². The molecule has 3 N–H and O–H groups in total. The van der Waals surface area contributed by atoms with E-state index in [1.54, 1.807) is 0 Å². The number of likely N-dealkylation sites (N-methyl/N-ethyl adjacent to an activating group) is 1. The molecule has 0 aromatic rings. The molecule has 70 valence electrons. The lowest BCUT2D eigenvalue weighted by atomic mass is 10.4. The molecule has 0 saturated heterocycles. The van der Waals surface area contributed by atoms with Gasteiger partial charge in [-0.2, -0.15) is 0 Å². The van der Waals surface area contributed by atoms with E-state index < -0.39 is 0 Å². The van der Waals surface area contributed by atoms with Crippen LogP contribution in [0, 0.1) is 0 Å². The second kappa shape index (κ2) is 12.5. The fourth-order valence-corrected chi connectivity index (χ4v) is 0.752. The summed E-state index contributed by atoms with van der Waals surface area (Å²) < 4.78 is 0. The monoisotopic (exact) mass is 162 g/mol. The number of aliphatic hydroxyl groups excluding tert-OH is 1. The zero-order valence-electron chi connectivity index (χ0n) is 8.01. The molecule has 0 fully saturated rings. The van der Waals surface area contributed by atoms with Crippen LogP contribution >= 0.6 is 0 Å². The molecule has 0 radical (unpaired) electrons. The Hall–Kier alpha value is -0.120. The molecule has 0 aliphatic carbocycles. The predicted molar refractivity (Wildman–Crippen MR) is 49.6 cm³/mol. The maximum atomic E-state index is 8.51. The summed E-state index contributed by atoms with van der Waals surface area (Å²) in [6, 6.07) is 0. The smallest absolute Gasteiger partial charge is 0.0558 e. The second-order valence-corrected chi connectivity index (χ2v) is 1.95. The van der Waals surface area contributed by atoms with Crippen molar-refractivity contribution in [3.8, 4) is 0 Å². The van der Waals surface area contributed by atoms with Gasteiger partial charge in [0.05, 0.1) is 6.61 Å².